The van der Waals surface area contributed by atoms with E-state index in [1.54, 1.807) is 23.9 Å². The molecule has 0 saturated carbocycles. The number of aromatic nitrogens is 2. The predicted octanol–water partition coefficient (Wildman–Crippen LogP) is 3.43. The Morgan fingerprint density at radius 1 is 1.19 bits per heavy atom. The van der Waals surface area contributed by atoms with E-state index in [9.17, 15) is 8.42 Å². The third kappa shape index (κ3) is 3.94. The fourth-order valence-electron chi connectivity index (χ4n) is 3.34. The summed E-state index contributed by atoms with van der Waals surface area (Å²) in [5.74, 6) is 0.997. The number of benzene rings is 1. The van der Waals surface area contributed by atoms with E-state index in [4.69, 9.17) is 4.74 Å². The molecule has 1 fully saturated rings. The van der Waals surface area contributed by atoms with Crippen LogP contribution in [-0.2, 0) is 10.0 Å². The summed E-state index contributed by atoms with van der Waals surface area (Å²) in [6.45, 7) is 5.04. The maximum atomic E-state index is 13.1. The largest absolute Gasteiger partial charge is 0.497 e. The second-order valence-corrected chi connectivity index (χ2v) is 8.97. The van der Waals surface area contributed by atoms with E-state index in [1.807, 2.05) is 42.7 Å². The Balaban J connectivity index is 1.83. The van der Waals surface area contributed by atoms with Crippen LogP contribution in [-0.4, -0.2) is 42.5 Å². The molecule has 142 valence electrons. The van der Waals surface area contributed by atoms with Crippen LogP contribution in [0.5, 0.6) is 5.75 Å². The summed E-state index contributed by atoms with van der Waals surface area (Å²) in [4.78, 5) is 4.15. The molecule has 0 aliphatic carbocycles. The zero-order chi connectivity index (χ0) is 18.7. The van der Waals surface area contributed by atoms with Gasteiger partial charge in [0.05, 0.1) is 13.4 Å². The number of imidazole rings is 1. The standard InChI is InChI=1S/C19H27N3O3S/c1-15(2)21-13-19(20-14-21)26(23,24)22-11-5-4-6-17(12-22)16-7-9-18(25-3)10-8-16/h7-10,13-15,17H,4-6,11-12H2,1-3H3/t17-/m0/s1. The Hall–Kier alpha value is -1.86. The van der Waals surface area contributed by atoms with Gasteiger partial charge >= 0.3 is 0 Å². The molecule has 0 spiro atoms. The molecule has 0 unspecified atom stereocenters. The highest BCUT2D eigenvalue weighted by molar-refractivity contribution is 7.89. The Morgan fingerprint density at radius 2 is 1.92 bits per heavy atom. The molecule has 1 saturated heterocycles. The molecule has 1 aliphatic heterocycles. The van der Waals surface area contributed by atoms with Gasteiger partial charge in [0.15, 0.2) is 5.03 Å². The quantitative estimate of drug-likeness (QED) is 0.801. The van der Waals surface area contributed by atoms with E-state index >= 15 is 0 Å². The van der Waals surface area contributed by atoms with Crippen LogP contribution in [0.25, 0.3) is 0 Å². The monoisotopic (exact) mass is 377 g/mol. The molecule has 2 heterocycles. The van der Waals surface area contributed by atoms with Crippen molar-refractivity contribution in [3.8, 4) is 5.75 Å². The van der Waals surface area contributed by atoms with Crippen LogP contribution in [0.4, 0.5) is 0 Å². The Bertz CT molecular complexity index is 828. The zero-order valence-electron chi connectivity index (χ0n) is 15.6. The van der Waals surface area contributed by atoms with E-state index < -0.39 is 10.0 Å². The Kier molecular flexibility index (Phi) is 5.67. The van der Waals surface area contributed by atoms with E-state index in [0.717, 1.165) is 30.6 Å². The summed E-state index contributed by atoms with van der Waals surface area (Å²) in [7, 11) is -1.93. The first kappa shape index (κ1) is 18.9. The van der Waals surface area contributed by atoms with Crippen molar-refractivity contribution in [2.75, 3.05) is 20.2 Å². The second kappa shape index (κ2) is 7.80. The average Bonchev–Trinajstić information content (AvgIpc) is 3.01. The van der Waals surface area contributed by atoms with Gasteiger partial charge in [0, 0.05) is 25.3 Å². The van der Waals surface area contributed by atoms with Crippen LogP contribution in [0.15, 0.2) is 41.8 Å². The molecule has 0 radical (unpaired) electrons. The molecule has 1 aromatic heterocycles. The first-order valence-electron chi connectivity index (χ1n) is 9.09. The fourth-order valence-corrected chi connectivity index (χ4v) is 4.78. The number of hydrogen-bond acceptors (Lipinski definition) is 4. The van der Waals surface area contributed by atoms with Gasteiger partial charge in [-0.3, -0.25) is 0 Å². The highest BCUT2D eigenvalue weighted by atomic mass is 32.2. The number of ether oxygens (including phenoxy) is 1. The molecule has 6 nitrogen and oxygen atoms in total. The molecule has 1 atom stereocenters. The normalized spacial score (nSPS) is 19.5. The summed E-state index contributed by atoms with van der Waals surface area (Å²) >= 11 is 0. The molecule has 0 bridgehead atoms. The second-order valence-electron chi connectivity index (χ2n) is 7.08. The molecule has 26 heavy (non-hydrogen) atoms. The van der Waals surface area contributed by atoms with E-state index in [0.29, 0.717) is 13.1 Å². The SMILES string of the molecule is COc1ccc([C@H]2CCCCN(S(=O)(=O)c3cn(C(C)C)cn3)C2)cc1. The molecule has 1 aliphatic rings. The lowest BCUT2D eigenvalue weighted by Gasteiger charge is -2.23. The Morgan fingerprint density at radius 3 is 2.54 bits per heavy atom. The number of methoxy groups -OCH3 is 1. The van der Waals surface area contributed by atoms with Crippen molar-refractivity contribution < 1.29 is 13.2 Å². The van der Waals surface area contributed by atoms with Gasteiger partial charge < -0.3 is 9.30 Å². The number of nitrogens with zero attached hydrogens (tertiary/aromatic N) is 3. The minimum absolute atomic E-state index is 0.140. The summed E-state index contributed by atoms with van der Waals surface area (Å²) in [6.07, 6.45) is 6.10. The lowest BCUT2D eigenvalue weighted by atomic mass is 9.94. The molecule has 2 aromatic rings. The number of hydrogen-bond donors (Lipinski definition) is 0. The number of rotatable bonds is 5. The summed E-state index contributed by atoms with van der Waals surface area (Å²) in [5, 5.41) is 0.140. The van der Waals surface area contributed by atoms with Gasteiger partial charge in [0.1, 0.15) is 5.75 Å². The van der Waals surface area contributed by atoms with Crippen LogP contribution in [0.2, 0.25) is 0 Å². The summed E-state index contributed by atoms with van der Waals surface area (Å²) in [5.41, 5.74) is 1.15. The maximum Gasteiger partial charge on any atom is 0.262 e. The first-order valence-corrected chi connectivity index (χ1v) is 10.5. The van der Waals surface area contributed by atoms with Crippen molar-refractivity contribution in [2.45, 2.75) is 50.1 Å². The average molecular weight is 378 g/mol. The van der Waals surface area contributed by atoms with Gasteiger partial charge in [0.25, 0.3) is 10.0 Å². The fraction of sp³-hybridized carbons (Fsp3) is 0.526. The van der Waals surface area contributed by atoms with Crippen LogP contribution in [0.1, 0.15) is 50.6 Å². The van der Waals surface area contributed by atoms with Crippen molar-refractivity contribution in [3.63, 3.8) is 0 Å². The first-order chi connectivity index (χ1) is 12.4. The minimum atomic E-state index is -3.58. The van der Waals surface area contributed by atoms with Crippen molar-refractivity contribution in [1.29, 1.82) is 0 Å². The Labute approximate surface area is 155 Å². The van der Waals surface area contributed by atoms with Gasteiger partial charge in [-0.15, -0.1) is 0 Å². The third-order valence-corrected chi connectivity index (χ3v) is 6.75. The van der Waals surface area contributed by atoms with E-state index in [-0.39, 0.29) is 17.0 Å². The minimum Gasteiger partial charge on any atom is -0.497 e. The molecule has 0 N–H and O–H groups in total. The molecule has 3 rings (SSSR count). The zero-order valence-corrected chi connectivity index (χ0v) is 16.4. The van der Waals surface area contributed by atoms with Crippen molar-refractivity contribution >= 4 is 10.0 Å². The van der Waals surface area contributed by atoms with E-state index in [1.165, 1.54) is 0 Å². The lowest BCUT2D eigenvalue weighted by molar-refractivity contribution is 0.403. The van der Waals surface area contributed by atoms with Crippen LogP contribution >= 0.6 is 0 Å². The van der Waals surface area contributed by atoms with Crippen molar-refractivity contribution in [2.24, 2.45) is 0 Å². The van der Waals surface area contributed by atoms with Crippen LogP contribution in [0, 0.1) is 0 Å². The summed E-state index contributed by atoms with van der Waals surface area (Å²) < 4.78 is 34.8. The van der Waals surface area contributed by atoms with Crippen molar-refractivity contribution in [3.05, 3.63) is 42.4 Å². The predicted molar refractivity (Wildman–Crippen MR) is 101 cm³/mol. The van der Waals surface area contributed by atoms with Gasteiger partial charge in [-0.05, 0) is 50.3 Å². The van der Waals surface area contributed by atoms with Gasteiger partial charge in [-0.1, -0.05) is 18.6 Å². The molecular weight excluding hydrogens is 350 g/mol. The number of sulfonamides is 1. The lowest BCUT2D eigenvalue weighted by Crippen LogP contribution is -2.34. The topological polar surface area (TPSA) is 64.4 Å². The van der Waals surface area contributed by atoms with Gasteiger partial charge in [-0.2, -0.15) is 4.31 Å². The molecular formula is C19H27N3O3S. The summed E-state index contributed by atoms with van der Waals surface area (Å²) in [6, 6.07) is 8.12. The maximum absolute atomic E-state index is 13.1. The third-order valence-electron chi connectivity index (χ3n) is 5.00. The van der Waals surface area contributed by atoms with E-state index in [2.05, 4.69) is 4.98 Å². The molecule has 0 amide bonds. The molecule has 1 aromatic carbocycles. The highest BCUT2D eigenvalue weighted by Crippen LogP contribution is 2.30. The van der Waals surface area contributed by atoms with Gasteiger partial charge in [0.2, 0.25) is 0 Å². The highest BCUT2D eigenvalue weighted by Gasteiger charge is 2.31. The van der Waals surface area contributed by atoms with Crippen LogP contribution < -0.4 is 4.74 Å². The molecule has 7 heteroatoms. The van der Waals surface area contributed by atoms with Crippen LogP contribution in [0.3, 0.4) is 0 Å². The van der Waals surface area contributed by atoms with Crippen molar-refractivity contribution in [1.82, 2.24) is 13.9 Å². The smallest absolute Gasteiger partial charge is 0.262 e. The van der Waals surface area contributed by atoms with Gasteiger partial charge in [-0.25, -0.2) is 13.4 Å².